The fraction of sp³-hybridized carbons (Fsp3) is 0.550. The molecule has 8 nitrogen and oxygen atoms in total. The summed E-state index contributed by atoms with van der Waals surface area (Å²) in [6, 6.07) is 6.53. The van der Waals surface area contributed by atoms with Gasteiger partial charge in [0.1, 0.15) is 0 Å². The van der Waals surface area contributed by atoms with Crippen molar-refractivity contribution in [3.05, 3.63) is 40.4 Å². The van der Waals surface area contributed by atoms with E-state index in [1.165, 1.54) is 22.9 Å². The number of benzene rings is 1. The molecule has 30 heavy (non-hydrogen) atoms. The van der Waals surface area contributed by atoms with Crippen LogP contribution in [-0.2, 0) is 16.6 Å². The second-order valence-electron chi connectivity index (χ2n) is 8.07. The number of carbonyl (C=O) groups is 1. The zero-order valence-electron chi connectivity index (χ0n) is 17.0. The SMILES string of the molecule is CN(C1CCCCC1)S(=O)(=O)c1ccc(C(=O)NCc2n[nH]c(=S)n2C2CC2)cc1. The van der Waals surface area contributed by atoms with Gasteiger partial charge >= 0.3 is 0 Å². The summed E-state index contributed by atoms with van der Waals surface area (Å²) in [6.45, 7) is 0.257. The van der Waals surface area contributed by atoms with Crippen LogP contribution in [0.3, 0.4) is 0 Å². The molecule has 2 N–H and O–H groups in total. The first-order valence-electron chi connectivity index (χ1n) is 10.4. The summed E-state index contributed by atoms with van der Waals surface area (Å²) in [4.78, 5) is 12.7. The second kappa shape index (κ2) is 8.60. The van der Waals surface area contributed by atoms with Gasteiger partial charge in [-0.15, -0.1) is 0 Å². The minimum atomic E-state index is -3.57. The van der Waals surface area contributed by atoms with Crippen molar-refractivity contribution < 1.29 is 13.2 Å². The van der Waals surface area contributed by atoms with Crippen molar-refractivity contribution in [1.29, 1.82) is 0 Å². The first-order valence-corrected chi connectivity index (χ1v) is 12.2. The van der Waals surface area contributed by atoms with E-state index in [2.05, 4.69) is 15.5 Å². The summed E-state index contributed by atoms with van der Waals surface area (Å²) in [5.41, 5.74) is 0.404. The van der Waals surface area contributed by atoms with Crippen LogP contribution in [0.2, 0.25) is 0 Å². The fourth-order valence-corrected chi connectivity index (χ4v) is 5.73. The minimum absolute atomic E-state index is 0.0491. The number of aromatic nitrogens is 3. The molecule has 1 heterocycles. The molecule has 0 aliphatic heterocycles. The molecule has 0 spiro atoms. The van der Waals surface area contributed by atoms with E-state index < -0.39 is 10.0 Å². The molecular weight excluding hydrogens is 422 g/mol. The lowest BCUT2D eigenvalue weighted by Gasteiger charge is -2.30. The van der Waals surface area contributed by atoms with Crippen LogP contribution >= 0.6 is 12.2 Å². The molecule has 0 radical (unpaired) electrons. The smallest absolute Gasteiger partial charge is 0.251 e. The molecule has 1 aromatic carbocycles. The Morgan fingerprint density at radius 2 is 1.87 bits per heavy atom. The number of carbonyl (C=O) groups excluding carboxylic acids is 1. The van der Waals surface area contributed by atoms with Crippen molar-refractivity contribution in [3.63, 3.8) is 0 Å². The molecule has 0 atom stereocenters. The topological polar surface area (TPSA) is 100 Å². The summed E-state index contributed by atoms with van der Waals surface area (Å²) < 4.78 is 29.9. The third-order valence-corrected chi connectivity index (χ3v) is 8.19. The van der Waals surface area contributed by atoms with Gasteiger partial charge in [0.25, 0.3) is 5.91 Å². The van der Waals surface area contributed by atoms with E-state index in [-0.39, 0.29) is 23.4 Å². The predicted octanol–water partition coefficient (Wildman–Crippen LogP) is 3.16. The zero-order chi connectivity index (χ0) is 21.3. The molecule has 0 unspecified atom stereocenters. The Hall–Kier alpha value is -2.04. The number of rotatable bonds is 7. The van der Waals surface area contributed by atoms with Crippen LogP contribution in [-0.4, -0.2) is 46.5 Å². The number of amides is 1. The van der Waals surface area contributed by atoms with Gasteiger partial charge in [0.15, 0.2) is 10.6 Å². The highest BCUT2D eigenvalue weighted by Crippen LogP contribution is 2.35. The third kappa shape index (κ3) is 4.35. The number of nitrogens with one attached hydrogen (secondary N) is 2. The van der Waals surface area contributed by atoms with Crippen molar-refractivity contribution in [3.8, 4) is 0 Å². The highest BCUT2D eigenvalue weighted by atomic mass is 32.2. The zero-order valence-corrected chi connectivity index (χ0v) is 18.6. The standard InChI is InChI=1S/C20H27N5O3S2/c1-24(15-5-3-2-4-6-15)30(27,28)17-11-7-14(8-12-17)19(26)21-13-18-22-23-20(29)25(18)16-9-10-16/h7-8,11-12,15-16H,2-6,9-10,13H2,1H3,(H,21,26)(H,23,29). The minimum Gasteiger partial charge on any atom is -0.345 e. The average molecular weight is 450 g/mol. The number of aromatic amines is 1. The summed E-state index contributed by atoms with van der Waals surface area (Å²) in [6.07, 6.45) is 7.23. The average Bonchev–Trinajstić information content (AvgIpc) is 3.54. The number of hydrogen-bond donors (Lipinski definition) is 2. The molecular formula is C20H27N5O3S2. The number of nitrogens with zero attached hydrogens (tertiary/aromatic N) is 3. The van der Waals surface area contributed by atoms with Gasteiger partial charge in [-0.1, -0.05) is 19.3 Å². The van der Waals surface area contributed by atoms with E-state index >= 15 is 0 Å². The Kier molecular flexibility index (Phi) is 6.08. The molecule has 2 aliphatic rings. The van der Waals surface area contributed by atoms with Crippen LogP contribution in [0.1, 0.15) is 67.2 Å². The third-order valence-electron chi connectivity index (χ3n) is 5.98. The first-order chi connectivity index (χ1) is 14.4. The Labute approximate surface area is 181 Å². The Morgan fingerprint density at radius 1 is 1.20 bits per heavy atom. The molecule has 10 heteroatoms. The monoisotopic (exact) mass is 449 g/mol. The van der Waals surface area contributed by atoms with Crippen LogP contribution in [0.25, 0.3) is 0 Å². The second-order valence-corrected chi connectivity index (χ2v) is 10.5. The maximum atomic E-state index is 12.9. The maximum Gasteiger partial charge on any atom is 0.251 e. The Bertz CT molecular complexity index is 1060. The van der Waals surface area contributed by atoms with Crippen LogP contribution in [0, 0.1) is 4.77 Å². The molecule has 2 aromatic rings. The summed E-state index contributed by atoms with van der Waals surface area (Å²) in [5, 5.41) is 9.81. The van der Waals surface area contributed by atoms with Crippen LogP contribution < -0.4 is 5.32 Å². The lowest BCUT2D eigenvalue weighted by molar-refractivity contribution is 0.0949. The van der Waals surface area contributed by atoms with Crippen molar-refractivity contribution >= 4 is 28.1 Å². The lowest BCUT2D eigenvalue weighted by Crippen LogP contribution is -2.38. The van der Waals surface area contributed by atoms with E-state index in [9.17, 15) is 13.2 Å². The van der Waals surface area contributed by atoms with Crippen molar-refractivity contribution in [2.24, 2.45) is 0 Å². The maximum absolute atomic E-state index is 12.9. The fourth-order valence-electron chi connectivity index (χ4n) is 4.02. The van der Waals surface area contributed by atoms with Gasteiger partial charge in [-0.3, -0.25) is 14.5 Å². The number of H-pyrrole nitrogens is 1. The van der Waals surface area contributed by atoms with Gasteiger partial charge < -0.3 is 5.32 Å². The van der Waals surface area contributed by atoms with Crippen molar-refractivity contribution in [2.75, 3.05) is 7.05 Å². The summed E-state index contributed by atoms with van der Waals surface area (Å²) >= 11 is 5.25. The molecule has 4 rings (SSSR count). The van der Waals surface area contributed by atoms with Crippen molar-refractivity contribution in [2.45, 2.75) is 68.5 Å². The quantitative estimate of drug-likeness (QED) is 0.633. The van der Waals surface area contributed by atoms with Gasteiger partial charge in [-0.05, 0) is 62.2 Å². The number of sulfonamides is 1. The molecule has 2 saturated carbocycles. The van der Waals surface area contributed by atoms with E-state index in [0.29, 0.717) is 22.2 Å². The van der Waals surface area contributed by atoms with E-state index in [0.717, 1.165) is 38.5 Å². The molecule has 2 aliphatic carbocycles. The molecule has 162 valence electrons. The van der Waals surface area contributed by atoms with Crippen LogP contribution in [0.4, 0.5) is 0 Å². The largest absolute Gasteiger partial charge is 0.345 e. The Balaban J connectivity index is 1.41. The molecule has 0 saturated heterocycles. The number of hydrogen-bond acceptors (Lipinski definition) is 5. The van der Waals surface area contributed by atoms with Gasteiger partial charge in [-0.25, -0.2) is 8.42 Å². The molecule has 1 aromatic heterocycles. The predicted molar refractivity (Wildman–Crippen MR) is 115 cm³/mol. The lowest BCUT2D eigenvalue weighted by atomic mass is 9.96. The molecule has 0 bridgehead atoms. The normalized spacial score (nSPS) is 17.9. The van der Waals surface area contributed by atoms with Crippen LogP contribution in [0.15, 0.2) is 29.2 Å². The highest BCUT2D eigenvalue weighted by molar-refractivity contribution is 7.89. The van der Waals surface area contributed by atoms with E-state index in [1.54, 1.807) is 19.2 Å². The van der Waals surface area contributed by atoms with Gasteiger partial charge in [0.05, 0.1) is 11.4 Å². The summed E-state index contributed by atoms with van der Waals surface area (Å²) in [7, 11) is -1.92. The van der Waals surface area contributed by atoms with Gasteiger partial charge in [-0.2, -0.15) is 9.40 Å². The van der Waals surface area contributed by atoms with Crippen LogP contribution in [0.5, 0.6) is 0 Å². The van der Waals surface area contributed by atoms with Gasteiger partial charge in [0.2, 0.25) is 10.0 Å². The summed E-state index contributed by atoms with van der Waals surface area (Å²) in [5.74, 6) is 0.417. The molecule has 1 amide bonds. The van der Waals surface area contributed by atoms with Crippen molar-refractivity contribution in [1.82, 2.24) is 24.4 Å². The van der Waals surface area contributed by atoms with E-state index in [1.807, 2.05) is 4.57 Å². The highest BCUT2D eigenvalue weighted by Gasteiger charge is 2.29. The van der Waals surface area contributed by atoms with E-state index in [4.69, 9.17) is 12.2 Å². The molecule has 2 fully saturated rings. The first kappa shape index (κ1) is 21.2. The van der Waals surface area contributed by atoms with Gasteiger partial charge in [0, 0.05) is 24.7 Å². The Morgan fingerprint density at radius 3 is 2.50 bits per heavy atom.